The number of hydrogen-bond donors (Lipinski definition) is 1. The van der Waals surface area contributed by atoms with Crippen LogP contribution < -0.4 is 10.1 Å². The van der Waals surface area contributed by atoms with Gasteiger partial charge in [-0.05, 0) is 18.7 Å². The number of rotatable bonds is 3. The molecule has 0 unspecified atom stereocenters. The molecule has 2 nitrogen and oxygen atoms in total. The lowest BCUT2D eigenvalue weighted by Crippen LogP contribution is -2.05. The molecule has 0 aliphatic rings. The van der Waals surface area contributed by atoms with Crippen molar-refractivity contribution in [2.75, 3.05) is 14.2 Å². The molecule has 0 heterocycles. The van der Waals surface area contributed by atoms with Crippen LogP contribution in [0.25, 0.3) is 0 Å². The summed E-state index contributed by atoms with van der Waals surface area (Å²) in [5.74, 6) is 0.726. The lowest BCUT2D eigenvalue weighted by Gasteiger charge is -2.07. The third-order valence-corrected chi connectivity index (χ3v) is 2.06. The lowest BCUT2D eigenvalue weighted by atomic mass is 10.2. The minimum atomic E-state index is 0. The maximum atomic E-state index is 6.02. The van der Waals surface area contributed by atoms with Gasteiger partial charge in [-0.1, -0.05) is 23.7 Å². The van der Waals surface area contributed by atoms with Crippen molar-refractivity contribution in [3.8, 4) is 5.75 Å². The van der Waals surface area contributed by atoms with Gasteiger partial charge in [0.05, 0.1) is 12.1 Å². The van der Waals surface area contributed by atoms with E-state index in [0.717, 1.165) is 17.9 Å². The first-order chi connectivity index (χ1) is 5.79. The molecule has 0 amide bonds. The molecule has 0 aliphatic heterocycles. The summed E-state index contributed by atoms with van der Waals surface area (Å²) in [5, 5.41) is 3.73. The molecule has 0 spiro atoms. The van der Waals surface area contributed by atoms with Crippen LogP contribution in [-0.4, -0.2) is 14.2 Å². The normalized spacial score (nSPS) is 9.15. The van der Waals surface area contributed by atoms with Gasteiger partial charge < -0.3 is 10.1 Å². The molecule has 0 fully saturated rings. The Hall–Kier alpha value is -0.440. The van der Waals surface area contributed by atoms with Crippen LogP contribution in [0.4, 0.5) is 0 Å². The molecule has 0 saturated heterocycles. The van der Waals surface area contributed by atoms with Crippen molar-refractivity contribution < 1.29 is 4.74 Å². The van der Waals surface area contributed by atoms with E-state index in [4.69, 9.17) is 16.3 Å². The van der Waals surface area contributed by atoms with Crippen LogP contribution in [0.5, 0.6) is 5.75 Å². The first-order valence-electron chi connectivity index (χ1n) is 3.75. The molecule has 1 rings (SSSR count). The SMILES string of the molecule is CNCc1cccc(OC)c1Cl.Cl. The first kappa shape index (κ1) is 12.6. The van der Waals surface area contributed by atoms with Gasteiger partial charge in [0.1, 0.15) is 5.75 Å². The van der Waals surface area contributed by atoms with Crippen molar-refractivity contribution in [2.24, 2.45) is 0 Å². The number of ether oxygens (including phenoxy) is 1. The number of hydrogen-bond acceptors (Lipinski definition) is 2. The molecular weight excluding hydrogens is 209 g/mol. The molecule has 74 valence electrons. The van der Waals surface area contributed by atoms with Crippen molar-refractivity contribution >= 4 is 24.0 Å². The van der Waals surface area contributed by atoms with Gasteiger partial charge in [0.25, 0.3) is 0 Å². The molecule has 0 bridgehead atoms. The van der Waals surface area contributed by atoms with E-state index in [2.05, 4.69) is 5.32 Å². The molecule has 1 N–H and O–H groups in total. The maximum Gasteiger partial charge on any atom is 0.137 e. The Kier molecular flexibility index (Phi) is 5.88. The van der Waals surface area contributed by atoms with Crippen LogP contribution in [0.15, 0.2) is 18.2 Å². The topological polar surface area (TPSA) is 21.3 Å². The van der Waals surface area contributed by atoms with E-state index >= 15 is 0 Å². The van der Waals surface area contributed by atoms with Crippen LogP contribution >= 0.6 is 24.0 Å². The van der Waals surface area contributed by atoms with Crippen LogP contribution in [-0.2, 0) is 6.54 Å². The van der Waals surface area contributed by atoms with E-state index in [1.807, 2.05) is 25.2 Å². The predicted molar refractivity (Wildman–Crippen MR) is 58.0 cm³/mol. The Morgan fingerprint density at radius 1 is 1.46 bits per heavy atom. The summed E-state index contributed by atoms with van der Waals surface area (Å²) in [6.07, 6.45) is 0. The highest BCUT2D eigenvalue weighted by Gasteiger charge is 2.03. The fraction of sp³-hybridized carbons (Fsp3) is 0.333. The highest BCUT2D eigenvalue weighted by atomic mass is 35.5. The van der Waals surface area contributed by atoms with E-state index in [0.29, 0.717) is 5.02 Å². The average Bonchev–Trinajstić information content (AvgIpc) is 2.09. The highest BCUT2D eigenvalue weighted by molar-refractivity contribution is 6.32. The average molecular weight is 222 g/mol. The Bertz CT molecular complexity index is 266. The van der Waals surface area contributed by atoms with E-state index in [-0.39, 0.29) is 12.4 Å². The summed E-state index contributed by atoms with van der Waals surface area (Å²) in [5.41, 5.74) is 1.05. The summed E-state index contributed by atoms with van der Waals surface area (Å²) in [6, 6.07) is 5.75. The van der Waals surface area contributed by atoms with Crippen LogP contribution in [0.3, 0.4) is 0 Å². The summed E-state index contributed by atoms with van der Waals surface area (Å²) in [6.45, 7) is 0.760. The molecule has 0 saturated carbocycles. The van der Waals surface area contributed by atoms with Crippen molar-refractivity contribution in [1.29, 1.82) is 0 Å². The minimum Gasteiger partial charge on any atom is -0.495 e. The van der Waals surface area contributed by atoms with Crippen molar-refractivity contribution in [3.63, 3.8) is 0 Å². The van der Waals surface area contributed by atoms with E-state index in [1.165, 1.54) is 0 Å². The zero-order valence-electron chi connectivity index (χ0n) is 7.63. The van der Waals surface area contributed by atoms with Crippen LogP contribution in [0.1, 0.15) is 5.56 Å². The second-order valence-corrected chi connectivity index (χ2v) is 2.84. The van der Waals surface area contributed by atoms with Gasteiger partial charge in [-0.3, -0.25) is 0 Å². The largest absolute Gasteiger partial charge is 0.495 e. The summed E-state index contributed by atoms with van der Waals surface area (Å²) < 4.78 is 5.07. The Morgan fingerprint density at radius 3 is 2.69 bits per heavy atom. The number of halogens is 2. The summed E-state index contributed by atoms with van der Waals surface area (Å²) in [7, 11) is 3.50. The molecule has 0 aliphatic carbocycles. The van der Waals surface area contributed by atoms with Crippen LogP contribution in [0, 0.1) is 0 Å². The van der Waals surface area contributed by atoms with Gasteiger partial charge in [0, 0.05) is 6.54 Å². The molecule has 13 heavy (non-hydrogen) atoms. The smallest absolute Gasteiger partial charge is 0.137 e. The fourth-order valence-corrected chi connectivity index (χ4v) is 1.31. The second kappa shape index (κ2) is 6.08. The van der Waals surface area contributed by atoms with Crippen molar-refractivity contribution in [2.45, 2.75) is 6.54 Å². The third kappa shape index (κ3) is 3.07. The quantitative estimate of drug-likeness (QED) is 0.848. The van der Waals surface area contributed by atoms with Crippen molar-refractivity contribution in [3.05, 3.63) is 28.8 Å². The van der Waals surface area contributed by atoms with E-state index in [9.17, 15) is 0 Å². The molecule has 0 atom stereocenters. The summed E-state index contributed by atoms with van der Waals surface area (Å²) in [4.78, 5) is 0. The second-order valence-electron chi connectivity index (χ2n) is 2.46. The molecule has 1 aromatic rings. The van der Waals surface area contributed by atoms with Crippen LogP contribution in [0.2, 0.25) is 5.02 Å². The standard InChI is InChI=1S/C9H12ClNO.ClH/c1-11-6-7-4-3-5-8(12-2)9(7)10;/h3-5,11H,6H2,1-2H3;1H. The molecule has 1 aromatic carbocycles. The molecular formula is C9H13Cl2NO. The van der Waals surface area contributed by atoms with Gasteiger partial charge in [0.15, 0.2) is 0 Å². The van der Waals surface area contributed by atoms with E-state index in [1.54, 1.807) is 7.11 Å². The zero-order chi connectivity index (χ0) is 8.97. The van der Waals surface area contributed by atoms with Gasteiger partial charge in [-0.25, -0.2) is 0 Å². The Balaban J connectivity index is 0.00000144. The first-order valence-corrected chi connectivity index (χ1v) is 4.13. The van der Waals surface area contributed by atoms with Crippen molar-refractivity contribution in [1.82, 2.24) is 5.32 Å². The van der Waals surface area contributed by atoms with Gasteiger partial charge in [-0.2, -0.15) is 0 Å². The Morgan fingerprint density at radius 2 is 2.15 bits per heavy atom. The van der Waals surface area contributed by atoms with Gasteiger partial charge >= 0.3 is 0 Å². The summed E-state index contributed by atoms with van der Waals surface area (Å²) >= 11 is 6.02. The molecule has 4 heteroatoms. The molecule has 0 radical (unpaired) electrons. The Labute approximate surface area is 89.6 Å². The monoisotopic (exact) mass is 221 g/mol. The zero-order valence-corrected chi connectivity index (χ0v) is 9.21. The maximum absolute atomic E-state index is 6.02. The molecule has 0 aromatic heterocycles. The fourth-order valence-electron chi connectivity index (χ4n) is 1.04. The van der Waals surface area contributed by atoms with E-state index < -0.39 is 0 Å². The minimum absolute atomic E-state index is 0. The van der Waals surface area contributed by atoms with Gasteiger partial charge in [-0.15, -0.1) is 12.4 Å². The lowest BCUT2D eigenvalue weighted by molar-refractivity contribution is 0.414. The number of methoxy groups -OCH3 is 1. The van der Waals surface area contributed by atoms with Gasteiger partial charge in [0.2, 0.25) is 0 Å². The number of nitrogens with one attached hydrogen (secondary N) is 1. The number of benzene rings is 1. The third-order valence-electron chi connectivity index (χ3n) is 1.63. The highest BCUT2D eigenvalue weighted by Crippen LogP contribution is 2.27. The predicted octanol–water partition coefficient (Wildman–Crippen LogP) is 2.49.